The molecule has 1 unspecified atom stereocenters. The molecule has 0 spiro atoms. The average Bonchev–Trinajstić information content (AvgIpc) is 2.44. The third-order valence-corrected chi connectivity index (χ3v) is 3.78. The minimum atomic E-state index is -0.354. The number of benzene rings is 1. The normalized spacial score (nSPS) is 13.5. The van der Waals surface area contributed by atoms with Gasteiger partial charge >= 0.3 is 0 Å². The summed E-state index contributed by atoms with van der Waals surface area (Å²) in [7, 11) is 0. The van der Waals surface area contributed by atoms with Crippen molar-refractivity contribution in [2.45, 2.75) is 52.2 Å². The first-order chi connectivity index (χ1) is 9.15. The lowest BCUT2D eigenvalue weighted by molar-refractivity contribution is -0.0737. The van der Waals surface area contributed by atoms with E-state index >= 15 is 0 Å². The molecular formula is C16H26FNO. The van der Waals surface area contributed by atoms with Crippen molar-refractivity contribution in [1.29, 1.82) is 0 Å². The Morgan fingerprint density at radius 1 is 1.16 bits per heavy atom. The summed E-state index contributed by atoms with van der Waals surface area (Å²) in [6.45, 7) is 9.65. The molecule has 3 heteroatoms. The lowest BCUT2D eigenvalue weighted by atomic mass is 9.83. The second-order valence-corrected chi connectivity index (χ2v) is 4.72. The van der Waals surface area contributed by atoms with Crippen molar-refractivity contribution >= 4 is 0 Å². The highest BCUT2D eigenvalue weighted by Gasteiger charge is 2.38. The second kappa shape index (κ2) is 7.61. The summed E-state index contributed by atoms with van der Waals surface area (Å²) in [6.07, 6.45) is 1.70. The van der Waals surface area contributed by atoms with Crippen molar-refractivity contribution in [3.63, 3.8) is 0 Å². The van der Waals surface area contributed by atoms with Gasteiger partial charge in [-0.3, -0.25) is 0 Å². The van der Waals surface area contributed by atoms with Gasteiger partial charge in [-0.1, -0.05) is 39.0 Å². The standard InChI is InChI=1S/C16H26FNO/c1-5-16(6-2,19-8-4)15(18-7-3)13-11-9-10-12-14(13)17/h9-12,15,18H,5-8H2,1-4H3. The monoisotopic (exact) mass is 267 g/mol. The Labute approximate surface area is 116 Å². The van der Waals surface area contributed by atoms with Crippen LogP contribution in [0.4, 0.5) is 4.39 Å². The Morgan fingerprint density at radius 2 is 1.79 bits per heavy atom. The first-order valence-corrected chi connectivity index (χ1v) is 7.26. The van der Waals surface area contributed by atoms with Gasteiger partial charge in [-0.25, -0.2) is 4.39 Å². The van der Waals surface area contributed by atoms with E-state index in [0.717, 1.165) is 19.4 Å². The van der Waals surface area contributed by atoms with Gasteiger partial charge in [-0.05, 0) is 32.4 Å². The smallest absolute Gasteiger partial charge is 0.128 e. The highest BCUT2D eigenvalue weighted by molar-refractivity contribution is 5.24. The summed E-state index contributed by atoms with van der Waals surface area (Å²) in [5.41, 5.74) is 0.342. The zero-order valence-electron chi connectivity index (χ0n) is 12.5. The molecular weight excluding hydrogens is 241 g/mol. The van der Waals surface area contributed by atoms with E-state index in [1.807, 2.05) is 26.0 Å². The highest BCUT2D eigenvalue weighted by atomic mass is 19.1. The maximum absolute atomic E-state index is 14.1. The molecule has 0 amide bonds. The first kappa shape index (κ1) is 16.1. The third kappa shape index (κ3) is 3.54. The van der Waals surface area contributed by atoms with Crippen LogP contribution >= 0.6 is 0 Å². The zero-order chi connectivity index (χ0) is 14.3. The van der Waals surface area contributed by atoms with Crippen molar-refractivity contribution < 1.29 is 9.13 Å². The van der Waals surface area contributed by atoms with Crippen molar-refractivity contribution in [2.24, 2.45) is 0 Å². The van der Waals surface area contributed by atoms with Crippen molar-refractivity contribution in [3.8, 4) is 0 Å². The SMILES string of the molecule is CCNC(c1ccccc1F)C(CC)(CC)OCC. The fourth-order valence-electron chi connectivity index (χ4n) is 2.73. The Hall–Kier alpha value is -0.930. The quantitative estimate of drug-likeness (QED) is 0.766. The molecule has 0 aliphatic carbocycles. The molecule has 0 heterocycles. The van der Waals surface area contributed by atoms with Gasteiger partial charge in [0.05, 0.1) is 11.6 Å². The Balaban J connectivity index is 3.20. The summed E-state index contributed by atoms with van der Waals surface area (Å²) < 4.78 is 20.1. The number of hydrogen-bond donors (Lipinski definition) is 1. The van der Waals surface area contributed by atoms with Crippen LogP contribution in [0.2, 0.25) is 0 Å². The van der Waals surface area contributed by atoms with Crippen LogP contribution in [0, 0.1) is 5.82 Å². The molecule has 1 rings (SSSR count). The van der Waals surface area contributed by atoms with E-state index in [4.69, 9.17) is 4.74 Å². The zero-order valence-corrected chi connectivity index (χ0v) is 12.5. The van der Waals surface area contributed by atoms with E-state index in [9.17, 15) is 4.39 Å². The van der Waals surface area contributed by atoms with Gasteiger partial charge in [0, 0.05) is 12.2 Å². The Kier molecular flexibility index (Phi) is 6.46. The minimum absolute atomic E-state index is 0.117. The maximum Gasteiger partial charge on any atom is 0.128 e. The molecule has 1 N–H and O–H groups in total. The number of nitrogens with one attached hydrogen (secondary N) is 1. The molecule has 1 atom stereocenters. The predicted molar refractivity (Wildman–Crippen MR) is 77.8 cm³/mol. The largest absolute Gasteiger partial charge is 0.373 e. The van der Waals surface area contributed by atoms with Crippen molar-refractivity contribution in [2.75, 3.05) is 13.2 Å². The molecule has 0 fully saturated rings. The lowest BCUT2D eigenvalue weighted by Gasteiger charge is -2.40. The summed E-state index contributed by atoms with van der Waals surface area (Å²) in [6, 6.07) is 6.85. The molecule has 0 aromatic heterocycles. The van der Waals surface area contributed by atoms with Gasteiger partial charge in [0.15, 0.2) is 0 Å². The van der Waals surface area contributed by atoms with E-state index in [-0.39, 0.29) is 17.5 Å². The van der Waals surface area contributed by atoms with E-state index in [1.54, 1.807) is 6.07 Å². The van der Waals surface area contributed by atoms with Crippen LogP contribution in [0.25, 0.3) is 0 Å². The number of ether oxygens (including phenoxy) is 1. The lowest BCUT2D eigenvalue weighted by Crippen LogP contribution is -2.46. The second-order valence-electron chi connectivity index (χ2n) is 4.72. The van der Waals surface area contributed by atoms with Gasteiger partial charge in [0.25, 0.3) is 0 Å². The summed E-state index contributed by atoms with van der Waals surface area (Å²) in [5, 5.41) is 3.40. The fraction of sp³-hybridized carbons (Fsp3) is 0.625. The molecule has 2 nitrogen and oxygen atoms in total. The molecule has 0 radical (unpaired) electrons. The number of halogens is 1. The van der Waals surface area contributed by atoms with Crippen molar-refractivity contribution in [3.05, 3.63) is 35.6 Å². The van der Waals surface area contributed by atoms with Gasteiger partial charge in [-0.2, -0.15) is 0 Å². The average molecular weight is 267 g/mol. The topological polar surface area (TPSA) is 21.3 Å². The molecule has 1 aromatic carbocycles. The fourth-order valence-corrected chi connectivity index (χ4v) is 2.73. The first-order valence-electron chi connectivity index (χ1n) is 7.26. The van der Waals surface area contributed by atoms with E-state index in [2.05, 4.69) is 19.2 Å². The number of hydrogen-bond acceptors (Lipinski definition) is 2. The highest BCUT2D eigenvalue weighted by Crippen LogP contribution is 2.36. The number of likely N-dealkylation sites (N-methyl/N-ethyl adjacent to an activating group) is 1. The summed E-state index contributed by atoms with van der Waals surface area (Å²) >= 11 is 0. The predicted octanol–water partition coefficient (Wildman–Crippen LogP) is 4.07. The molecule has 19 heavy (non-hydrogen) atoms. The maximum atomic E-state index is 14.1. The Bertz CT molecular complexity index is 377. The Morgan fingerprint density at radius 3 is 2.26 bits per heavy atom. The molecule has 1 aromatic rings. The van der Waals surface area contributed by atoms with Crippen LogP contribution in [0.3, 0.4) is 0 Å². The van der Waals surface area contributed by atoms with E-state index in [1.165, 1.54) is 6.07 Å². The number of rotatable bonds is 8. The summed E-state index contributed by atoms with van der Waals surface area (Å²) in [4.78, 5) is 0. The van der Waals surface area contributed by atoms with E-state index < -0.39 is 0 Å². The molecule has 0 aliphatic heterocycles. The van der Waals surface area contributed by atoms with Gasteiger partial charge in [-0.15, -0.1) is 0 Å². The third-order valence-electron chi connectivity index (χ3n) is 3.78. The molecule has 0 aliphatic rings. The van der Waals surface area contributed by atoms with Crippen LogP contribution in [0.15, 0.2) is 24.3 Å². The summed E-state index contributed by atoms with van der Waals surface area (Å²) in [5.74, 6) is -0.167. The van der Waals surface area contributed by atoms with Crippen LogP contribution in [-0.4, -0.2) is 18.8 Å². The van der Waals surface area contributed by atoms with Crippen LogP contribution in [0.1, 0.15) is 52.1 Å². The molecule has 0 saturated heterocycles. The van der Waals surface area contributed by atoms with E-state index in [0.29, 0.717) is 12.2 Å². The van der Waals surface area contributed by atoms with Gasteiger partial charge < -0.3 is 10.1 Å². The van der Waals surface area contributed by atoms with Crippen LogP contribution in [0.5, 0.6) is 0 Å². The van der Waals surface area contributed by atoms with Crippen LogP contribution in [-0.2, 0) is 4.74 Å². The molecule has 108 valence electrons. The molecule has 0 bridgehead atoms. The van der Waals surface area contributed by atoms with Gasteiger partial charge in [0.1, 0.15) is 5.82 Å². The molecule has 0 saturated carbocycles. The van der Waals surface area contributed by atoms with Gasteiger partial charge in [0.2, 0.25) is 0 Å². The van der Waals surface area contributed by atoms with Crippen molar-refractivity contribution in [1.82, 2.24) is 5.32 Å². The minimum Gasteiger partial charge on any atom is -0.373 e. The van der Waals surface area contributed by atoms with Crippen LogP contribution < -0.4 is 5.32 Å².